The minimum Gasteiger partial charge on any atom is -0.463 e. The number of hydrogen-bond donors (Lipinski definition) is 0. The van der Waals surface area contributed by atoms with E-state index in [1.807, 2.05) is 43.3 Å². The molecule has 0 saturated heterocycles. The number of rotatable bonds is 6. The number of aromatic nitrogens is 1. The van der Waals surface area contributed by atoms with Crippen molar-refractivity contribution in [2.45, 2.75) is 19.9 Å². The number of hydrogen-bond acceptors (Lipinski definition) is 9. The minimum absolute atomic E-state index is 0.0976. The average Bonchev–Trinajstić information content (AvgIpc) is 3.40. The number of carbonyl (C=O) groups excluding carboxylic acids is 1. The van der Waals surface area contributed by atoms with Crippen LogP contribution >= 0.6 is 11.3 Å². The van der Waals surface area contributed by atoms with Gasteiger partial charge in [-0.15, -0.1) is 0 Å². The molecular formula is C23H22N4O6S. The first-order valence-electron chi connectivity index (χ1n) is 10.4. The number of carbonyl (C=O) groups is 1. The van der Waals surface area contributed by atoms with Crippen LogP contribution in [0.25, 0.3) is 11.8 Å². The van der Waals surface area contributed by atoms with Crippen LogP contribution in [0.15, 0.2) is 56.2 Å². The molecule has 1 atom stereocenters. The third-order valence-electron chi connectivity index (χ3n) is 5.31. The molecule has 1 aromatic carbocycles. The lowest BCUT2D eigenvalue weighted by Crippen LogP contribution is -2.35. The van der Waals surface area contributed by atoms with Crippen molar-refractivity contribution in [2.75, 3.05) is 25.6 Å². The Hall–Kier alpha value is -3.99. The van der Waals surface area contributed by atoms with Gasteiger partial charge in [0.05, 0.1) is 22.8 Å². The van der Waals surface area contributed by atoms with Gasteiger partial charge in [-0.25, -0.2) is 9.79 Å². The molecule has 0 unspecified atom stereocenters. The van der Waals surface area contributed by atoms with Crippen LogP contribution < -0.4 is 19.8 Å². The first-order chi connectivity index (χ1) is 16.2. The van der Waals surface area contributed by atoms with E-state index in [9.17, 15) is 19.7 Å². The van der Waals surface area contributed by atoms with Crippen molar-refractivity contribution in [3.05, 3.63) is 83.1 Å². The standard InChI is InChI=1S/C23H22N4O6S/c1-5-32-22(29)19-13(2)26-21(28)17(12-14-6-8-15(9-7-14)25(3)4)34-23(26)24-20(19)16-10-11-18(33-16)27(30)31/h6-12,20H,5H2,1-4H3/b17-12-/t20-/m0/s1. The molecule has 0 amide bonds. The van der Waals surface area contributed by atoms with Crippen LogP contribution in [-0.4, -0.2) is 36.2 Å². The number of esters is 1. The summed E-state index contributed by atoms with van der Waals surface area (Å²) in [6, 6.07) is 9.35. The summed E-state index contributed by atoms with van der Waals surface area (Å²) in [5.74, 6) is -1.01. The van der Waals surface area contributed by atoms with E-state index in [0.717, 1.165) is 11.3 Å². The maximum atomic E-state index is 13.2. The van der Waals surface area contributed by atoms with E-state index in [0.29, 0.717) is 15.0 Å². The fraction of sp³-hybridized carbons (Fsp3) is 0.261. The summed E-state index contributed by atoms with van der Waals surface area (Å²) in [6.45, 7) is 3.41. The van der Waals surface area contributed by atoms with Gasteiger partial charge >= 0.3 is 11.9 Å². The molecule has 0 radical (unpaired) electrons. The monoisotopic (exact) mass is 482 g/mol. The summed E-state index contributed by atoms with van der Waals surface area (Å²) >= 11 is 1.17. The Morgan fingerprint density at radius 3 is 2.59 bits per heavy atom. The highest BCUT2D eigenvalue weighted by molar-refractivity contribution is 7.07. The fourth-order valence-electron chi connectivity index (χ4n) is 3.63. The van der Waals surface area contributed by atoms with Crippen molar-refractivity contribution < 1.29 is 18.9 Å². The maximum absolute atomic E-state index is 13.2. The summed E-state index contributed by atoms with van der Waals surface area (Å²) in [4.78, 5) is 43.4. The van der Waals surface area contributed by atoms with E-state index in [1.165, 1.54) is 28.0 Å². The van der Waals surface area contributed by atoms with E-state index >= 15 is 0 Å². The van der Waals surface area contributed by atoms with E-state index in [4.69, 9.17) is 9.15 Å². The van der Waals surface area contributed by atoms with Gasteiger partial charge < -0.3 is 14.1 Å². The van der Waals surface area contributed by atoms with Crippen LogP contribution in [0.5, 0.6) is 0 Å². The fourth-order valence-corrected chi connectivity index (χ4v) is 4.67. The Kier molecular flexibility index (Phi) is 6.20. The smallest absolute Gasteiger partial charge is 0.433 e. The van der Waals surface area contributed by atoms with Crippen LogP contribution in [-0.2, 0) is 9.53 Å². The number of allylic oxidation sites excluding steroid dienone is 1. The van der Waals surface area contributed by atoms with Gasteiger partial charge in [0.2, 0.25) is 0 Å². The normalized spacial score (nSPS) is 15.6. The Morgan fingerprint density at radius 2 is 2.00 bits per heavy atom. The van der Waals surface area contributed by atoms with Gasteiger partial charge in [0.25, 0.3) is 5.56 Å². The SMILES string of the molecule is CCOC(=O)C1=C(C)n2c(s/c(=C\c3ccc(N(C)C)cc3)c2=O)=N[C@H]1c1ccc([N+](=O)[O-])o1. The van der Waals surface area contributed by atoms with Gasteiger partial charge in [0.1, 0.15) is 16.7 Å². The molecule has 11 heteroatoms. The Balaban J connectivity index is 1.88. The van der Waals surface area contributed by atoms with Crippen LogP contribution in [0.4, 0.5) is 11.6 Å². The van der Waals surface area contributed by atoms with Crippen LogP contribution in [0, 0.1) is 10.1 Å². The second kappa shape index (κ2) is 9.10. The highest BCUT2D eigenvalue weighted by Gasteiger charge is 2.34. The Labute approximate surface area is 197 Å². The lowest BCUT2D eigenvalue weighted by Gasteiger charge is -2.20. The quantitative estimate of drug-likeness (QED) is 0.301. The highest BCUT2D eigenvalue weighted by atomic mass is 32.1. The minimum atomic E-state index is -0.974. The number of anilines is 1. The molecule has 3 heterocycles. The average molecular weight is 483 g/mol. The summed E-state index contributed by atoms with van der Waals surface area (Å²) in [5.41, 5.74) is 2.00. The third kappa shape index (κ3) is 4.17. The number of benzene rings is 1. The predicted molar refractivity (Wildman–Crippen MR) is 127 cm³/mol. The number of nitrogens with zero attached hydrogens (tertiary/aromatic N) is 4. The molecule has 0 spiro atoms. The van der Waals surface area contributed by atoms with Gasteiger partial charge in [-0.05, 0) is 43.7 Å². The number of thiazole rings is 1. The molecule has 3 aromatic rings. The number of furan rings is 1. The Morgan fingerprint density at radius 1 is 1.29 bits per heavy atom. The zero-order chi connectivity index (χ0) is 24.6. The molecule has 0 aliphatic carbocycles. The molecule has 34 heavy (non-hydrogen) atoms. The first kappa shape index (κ1) is 23.2. The molecule has 2 aromatic heterocycles. The molecule has 0 bridgehead atoms. The van der Waals surface area contributed by atoms with Crippen molar-refractivity contribution in [2.24, 2.45) is 4.99 Å². The van der Waals surface area contributed by atoms with E-state index in [-0.39, 0.29) is 23.5 Å². The predicted octanol–water partition coefficient (Wildman–Crippen LogP) is 2.47. The number of ether oxygens (including phenoxy) is 1. The van der Waals surface area contributed by atoms with Crippen LogP contribution in [0.1, 0.15) is 31.2 Å². The largest absolute Gasteiger partial charge is 0.463 e. The topological polar surface area (TPSA) is 120 Å². The third-order valence-corrected chi connectivity index (χ3v) is 6.29. The lowest BCUT2D eigenvalue weighted by atomic mass is 10.0. The summed E-state index contributed by atoms with van der Waals surface area (Å²) in [7, 11) is 3.89. The molecule has 0 N–H and O–H groups in total. The molecule has 1 aliphatic rings. The van der Waals surface area contributed by atoms with Crippen molar-refractivity contribution in [1.29, 1.82) is 0 Å². The van der Waals surface area contributed by atoms with Crippen molar-refractivity contribution >= 4 is 40.7 Å². The van der Waals surface area contributed by atoms with Gasteiger partial charge in [-0.3, -0.25) is 19.5 Å². The summed E-state index contributed by atoms with van der Waals surface area (Å²) < 4.78 is 12.3. The molecule has 176 valence electrons. The van der Waals surface area contributed by atoms with Crippen molar-refractivity contribution in [1.82, 2.24) is 4.57 Å². The molecule has 0 saturated carbocycles. The molecular weight excluding hydrogens is 460 g/mol. The first-order valence-corrected chi connectivity index (χ1v) is 11.2. The van der Waals surface area contributed by atoms with Gasteiger partial charge in [0.15, 0.2) is 4.80 Å². The number of nitro groups is 1. The van der Waals surface area contributed by atoms with Crippen LogP contribution in [0.2, 0.25) is 0 Å². The van der Waals surface area contributed by atoms with Gasteiger partial charge in [0, 0.05) is 25.5 Å². The second-order valence-corrected chi connectivity index (χ2v) is 8.71. The molecule has 10 nitrogen and oxygen atoms in total. The van der Waals surface area contributed by atoms with Crippen LogP contribution in [0.3, 0.4) is 0 Å². The van der Waals surface area contributed by atoms with E-state index < -0.39 is 22.8 Å². The summed E-state index contributed by atoms with van der Waals surface area (Å²) in [6.07, 6.45) is 1.76. The van der Waals surface area contributed by atoms with E-state index in [1.54, 1.807) is 19.9 Å². The Bertz CT molecular complexity index is 1480. The molecule has 4 rings (SSSR count). The lowest BCUT2D eigenvalue weighted by molar-refractivity contribution is -0.402. The molecule has 1 aliphatic heterocycles. The van der Waals surface area contributed by atoms with Crippen molar-refractivity contribution in [3.8, 4) is 0 Å². The maximum Gasteiger partial charge on any atom is 0.433 e. The molecule has 0 fully saturated rings. The second-order valence-electron chi connectivity index (χ2n) is 7.70. The number of fused-ring (bicyclic) bond motifs is 1. The summed E-state index contributed by atoms with van der Waals surface area (Å²) in [5, 5.41) is 11.1. The zero-order valence-electron chi connectivity index (χ0n) is 19.0. The zero-order valence-corrected chi connectivity index (χ0v) is 19.8. The van der Waals surface area contributed by atoms with E-state index in [2.05, 4.69) is 4.99 Å². The van der Waals surface area contributed by atoms with Gasteiger partial charge in [-0.1, -0.05) is 23.5 Å². The highest BCUT2D eigenvalue weighted by Crippen LogP contribution is 2.34. The van der Waals surface area contributed by atoms with Crippen molar-refractivity contribution in [3.63, 3.8) is 0 Å². The van der Waals surface area contributed by atoms with Gasteiger partial charge in [-0.2, -0.15) is 0 Å².